The first-order valence-corrected chi connectivity index (χ1v) is 1.84. The summed E-state index contributed by atoms with van der Waals surface area (Å²) in [6, 6.07) is 0. The summed E-state index contributed by atoms with van der Waals surface area (Å²) in [7, 11) is 0. The van der Waals surface area contributed by atoms with Crippen molar-refractivity contribution in [2.75, 3.05) is 0 Å². The van der Waals surface area contributed by atoms with Crippen LogP contribution in [-0.4, -0.2) is 67.3 Å². The van der Waals surface area contributed by atoms with Gasteiger partial charge < -0.3 is 45.0 Å². The SMILES string of the molecule is O=C([O-])[O-].O=C([O-])[O-].O=C([O-])[O-].[Ba+2].[Zr+4]. The van der Waals surface area contributed by atoms with Crippen LogP contribution in [-0.2, 0) is 26.2 Å². The van der Waals surface area contributed by atoms with Gasteiger partial charge in [-0.2, -0.15) is 0 Å². The Kier molecular flexibility index (Phi) is 48.6. The van der Waals surface area contributed by atoms with Crippen molar-refractivity contribution in [1.29, 1.82) is 0 Å². The third kappa shape index (κ3) is 22200. The van der Waals surface area contributed by atoms with Gasteiger partial charge >= 0.3 is 75.1 Å². The van der Waals surface area contributed by atoms with Crippen LogP contribution in [0.5, 0.6) is 0 Å². The van der Waals surface area contributed by atoms with E-state index in [0.29, 0.717) is 0 Å². The maximum atomic E-state index is 8.33. The van der Waals surface area contributed by atoms with Crippen molar-refractivity contribution in [3.63, 3.8) is 0 Å². The van der Waals surface area contributed by atoms with E-state index in [1.165, 1.54) is 0 Å². The Bertz CT molecular complexity index is 118. The normalized spacial score (nSPS) is 5.14. The fraction of sp³-hybridized carbons (Fsp3) is 0. The molecule has 0 heterocycles. The zero-order valence-electron chi connectivity index (χ0n) is 6.38. The third-order valence-corrected chi connectivity index (χ3v) is 0. The van der Waals surface area contributed by atoms with Crippen molar-refractivity contribution >= 4 is 67.3 Å². The third-order valence-electron chi connectivity index (χ3n) is 0. The van der Waals surface area contributed by atoms with Gasteiger partial charge in [0.15, 0.2) is 0 Å². The number of hydrogen-bond acceptors (Lipinski definition) is 9. The fourth-order valence-corrected chi connectivity index (χ4v) is 0. The van der Waals surface area contributed by atoms with Gasteiger partial charge in [0.05, 0.1) is 0 Å². The molecule has 0 atom stereocenters. The average molecular weight is 409 g/mol. The molecule has 0 unspecified atom stereocenters. The Morgan fingerprint density at radius 1 is 0.571 bits per heavy atom. The van der Waals surface area contributed by atoms with Gasteiger partial charge in [0.2, 0.25) is 0 Å². The number of carbonyl (C=O) groups is 3. The molecule has 0 fully saturated rings. The molecule has 0 N–H and O–H groups in total. The molecule has 0 saturated heterocycles. The maximum Gasteiger partial charge on any atom is 4.00 e. The van der Waals surface area contributed by atoms with E-state index in [0.717, 1.165) is 0 Å². The molecule has 0 aromatic heterocycles. The number of carbonyl (C=O) groups excluding carboxylic acids is 3. The van der Waals surface area contributed by atoms with Crippen molar-refractivity contribution in [3.05, 3.63) is 0 Å². The summed E-state index contributed by atoms with van der Waals surface area (Å²) in [5, 5.41) is 50.0. The largest absolute Gasteiger partial charge is 4.00 e. The van der Waals surface area contributed by atoms with Gasteiger partial charge in [-0.15, -0.1) is 0 Å². The molecule has 0 spiro atoms. The molecule has 0 aromatic carbocycles. The molecule has 0 bridgehead atoms. The summed E-state index contributed by atoms with van der Waals surface area (Å²) in [5.74, 6) is 0. The Balaban J connectivity index is -0.0000000270. The minimum Gasteiger partial charge on any atom is -0.652 e. The molecule has 0 aliphatic carbocycles. The van der Waals surface area contributed by atoms with Crippen molar-refractivity contribution in [2.45, 2.75) is 0 Å². The minimum atomic E-state index is -2.33. The smallest absolute Gasteiger partial charge is 0.652 e. The van der Waals surface area contributed by atoms with Crippen LogP contribution < -0.4 is 30.6 Å². The molecule has 0 radical (unpaired) electrons. The van der Waals surface area contributed by atoms with Crippen LogP contribution in [0.3, 0.4) is 0 Å². The van der Waals surface area contributed by atoms with Crippen LogP contribution in [0.25, 0.3) is 0 Å². The van der Waals surface area contributed by atoms with Gasteiger partial charge in [-0.25, -0.2) is 0 Å². The van der Waals surface area contributed by atoms with Crippen LogP contribution in [0.2, 0.25) is 0 Å². The van der Waals surface area contributed by atoms with Crippen molar-refractivity contribution in [1.82, 2.24) is 0 Å². The predicted molar refractivity (Wildman–Crippen MR) is 21.9 cm³/mol. The van der Waals surface area contributed by atoms with Crippen LogP contribution in [0.4, 0.5) is 14.4 Å². The standard InChI is InChI=1S/3CH2O3.Ba.Zr/c3*2-1(3)4;;/h3*(H2,2,3,4);;/q;;;+2;+4/p-6. The molecule has 0 aromatic rings. The first kappa shape index (κ1) is 29.2. The molecule has 14 heavy (non-hydrogen) atoms. The van der Waals surface area contributed by atoms with E-state index in [4.69, 9.17) is 45.0 Å². The summed E-state index contributed by atoms with van der Waals surface area (Å²) in [6.07, 6.45) is -7.00. The molecular weight excluding hydrogens is 409 g/mol. The van der Waals surface area contributed by atoms with E-state index in [9.17, 15) is 0 Å². The molecule has 0 saturated carbocycles. The predicted octanol–water partition coefficient (Wildman–Crippen LogP) is -7.72. The summed E-state index contributed by atoms with van der Waals surface area (Å²) in [6.45, 7) is 0. The minimum absolute atomic E-state index is 0. The Labute approximate surface area is 137 Å². The quantitative estimate of drug-likeness (QED) is 0.350. The van der Waals surface area contributed by atoms with E-state index in [2.05, 4.69) is 0 Å². The number of carboxylic acid groups (broad SMARTS) is 6. The average Bonchev–Trinajstić information content (AvgIpc) is 1.54. The van der Waals surface area contributed by atoms with Crippen LogP contribution in [0.1, 0.15) is 0 Å². The summed E-state index contributed by atoms with van der Waals surface area (Å²) < 4.78 is 0. The molecule has 0 rings (SSSR count). The molecular formula is C3BaO9Zr. The summed E-state index contributed by atoms with van der Waals surface area (Å²) >= 11 is 0. The van der Waals surface area contributed by atoms with Crippen molar-refractivity contribution in [3.8, 4) is 0 Å². The van der Waals surface area contributed by atoms with Gasteiger partial charge in [-0.05, 0) is 18.5 Å². The molecule has 11 heteroatoms. The fourth-order valence-electron chi connectivity index (χ4n) is 0. The van der Waals surface area contributed by atoms with E-state index in [-0.39, 0.29) is 75.1 Å². The summed E-state index contributed by atoms with van der Waals surface area (Å²) in [5.41, 5.74) is 0. The molecule has 0 amide bonds. The first-order valence-electron chi connectivity index (χ1n) is 1.84. The topological polar surface area (TPSA) is 190 Å². The monoisotopic (exact) mass is 408 g/mol. The van der Waals surface area contributed by atoms with Crippen LogP contribution in [0, 0.1) is 0 Å². The van der Waals surface area contributed by atoms with Gasteiger partial charge in [0.25, 0.3) is 0 Å². The zero-order chi connectivity index (χ0) is 10.7. The second-order valence-corrected chi connectivity index (χ2v) is 0.750. The van der Waals surface area contributed by atoms with Gasteiger partial charge in [-0.3, -0.25) is 0 Å². The molecule has 9 nitrogen and oxygen atoms in total. The Morgan fingerprint density at radius 2 is 0.571 bits per heavy atom. The molecule has 72 valence electrons. The second kappa shape index (κ2) is 23.2. The van der Waals surface area contributed by atoms with Crippen LogP contribution >= 0.6 is 0 Å². The van der Waals surface area contributed by atoms with Crippen molar-refractivity contribution in [2.24, 2.45) is 0 Å². The zero-order valence-corrected chi connectivity index (χ0v) is 13.3. The molecule has 0 aliphatic heterocycles. The van der Waals surface area contributed by atoms with E-state index in [1.807, 2.05) is 0 Å². The van der Waals surface area contributed by atoms with E-state index in [1.54, 1.807) is 0 Å². The van der Waals surface area contributed by atoms with Gasteiger partial charge in [0.1, 0.15) is 0 Å². The Hall–Kier alpha value is 0.265. The Morgan fingerprint density at radius 3 is 0.571 bits per heavy atom. The van der Waals surface area contributed by atoms with Gasteiger partial charge in [0, 0.05) is 0 Å². The van der Waals surface area contributed by atoms with Crippen molar-refractivity contribution < 1.29 is 71.2 Å². The first-order chi connectivity index (χ1) is 5.20. The van der Waals surface area contributed by atoms with E-state index >= 15 is 0 Å². The molecule has 0 aliphatic rings. The second-order valence-electron chi connectivity index (χ2n) is 0.750. The van der Waals surface area contributed by atoms with E-state index < -0.39 is 18.5 Å². The maximum absolute atomic E-state index is 8.33. The summed E-state index contributed by atoms with van der Waals surface area (Å²) in [4.78, 5) is 25.0. The van der Waals surface area contributed by atoms with Crippen LogP contribution in [0.15, 0.2) is 0 Å². The van der Waals surface area contributed by atoms with Gasteiger partial charge in [-0.1, -0.05) is 0 Å². The number of rotatable bonds is 0. The number of hydrogen-bond donors (Lipinski definition) is 0.